The summed E-state index contributed by atoms with van der Waals surface area (Å²) in [5.74, 6) is 1.58. The lowest BCUT2D eigenvalue weighted by Gasteiger charge is -2.15. The molecule has 1 N–H and O–H groups in total. The van der Waals surface area contributed by atoms with Crippen LogP contribution in [0.5, 0.6) is 0 Å². The second kappa shape index (κ2) is 10.9. The molecule has 0 spiro atoms. The van der Waals surface area contributed by atoms with Gasteiger partial charge in [0.1, 0.15) is 5.82 Å². The summed E-state index contributed by atoms with van der Waals surface area (Å²) in [6, 6.07) is 15.6. The van der Waals surface area contributed by atoms with E-state index in [0.717, 1.165) is 23.3 Å². The van der Waals surface area contributed by atoms with Crippen LogP contribution < -0.4 is 5.32 Å². The fraction of sp³-hybridized carbons (Fsp3) is 0.318. The number of anilines is 1. The van der Waals surface area contributed by atoms with Crippen LogP contribution in [-0.2, 0) is 17.1 Å². The lowest BCUT2D eigenvalue weighted by molar-refractivity contribution is -0.115. The molecule has 2 aromatic carbocycles. The number of hydrogen-bond acceptors (Lipinski definition) is 5. The summed E-state index contributed by atoms with van der Waals surface area (Å²) in [4.78, 5) is 14.0. The van der Waals surface area contributed by atoms with Crippen LogP contribution in [0.2, 0.25) is 5.02 Å². The highest BCUT2D eigenvalue weighted by atomic mass is 35.5. The Morgan fingerprint density at radius 1 is 1.17 bits per heavy atom. The van der Waals surface area contributed by atoms with Gasteiger partial charge in [0, 0.05) is 22.2 Å². The minimum absolute atomic E-state index is 0.0639. The molecule has 5 nitrogen and oxygen atoms in total. The summed E-state index contributed by atoms with van der Waals surface area (Å²) < 4.78 is 2.08. The lowest BCUT2D eigenvalue weighted by atomic mass is 10.2. The smallest absolute Gasteiger partial charge is 0.237 e. The Morgan fingerprint density at radius 2 is 1.93 bits per heavy atom. The van der Waals surface area contributed by atoms with Gasteiger partial charge in [0.05, 0.1) is 11.0 Å². The maximum Gasteiger partial charge on any atom is 0.237 e. The molecule has 0 radical (unpaired) electrons. The van der Waals surface area contributed by atoms with E-state index < -0.39 is 0 Å². The topological polar surface area (TPSA) is 59.8 Å². The van der Waals surface area contributed by atoms with Crippen molar-refractivity contribution < 1.29 is 4.79 Å². The minimum Gasteiger partial charge on any atom is -0.325 e. The highest BCUT2D eigenvalue weighted by Crippen LogP contribution is 2.28. The van der Waals surface area contributed by atoms with Gasteiger partial charge in [0.25, 0.3) is 0 Å². The van der Waals surface area contributed by atoms with Crippen molar-refractivity contribution in [3.8, 4) is 0 Å². The number of hydrogen-bond donors (Lipinski definition) is 1. The molecule has 1 unspecified atom stereocenters. The Morgan fingerprint density at radius 3 is 2.60 bits per heavy atom. The molecule has 0 aliphatic heterocycles. The van der Waals surface area contributed by atoms with E-state index in [1.165, 1.54) is 22.2 Å². The first-order valence-corrected chi connectivity index (χ1v) is 12.1. The zero-order valence-electron chi connectivity index (χ0n) is 17.3. The fourth-order valence-corrected chi connectivity index (χ4v) is 4.92. The van der Waals surface area contributed by atoms with Gasteiger partial charge in [0.15, 0.2) is 5.16 Å². The number of aromatic nitrogens is 3. The van der Waals surface area contributed by atoms with Gasteiger partial charge >= 0.3 is 0 Å². The van der Waals surface area contributed by atoms with Gasteiger partial charge in [-0.1, -0.05) is 54.0 Å². The van der Waals surface area contributed by atoms with E-state index in [-0.39, 0.29) is 11.2 Å². The van der Waals surface area contributed by atoms with Gasteiger partial charge in [-0.2, -0.15) is 0 Å². The molecule has 158 valence electrons. The highest BCUT2D eigenvalue weighted by Gasteiger charge is 2.22. The molecule has 0 saturated carbocycles. The molecule has 0 fully saturated rings. The molecular formula is C22H25ClN4OS2. The summed E-state index contributed by atoms with van der Waals surface area (Å²) in [7, 11) is 0. The Hall–Kier alpha value is -1.96. The first-order chi connectivity index (χ1) is 14.5. The predicted molar refractivity (Wildman–Crippen MR) is 126 cm³/mol. The van der Waals surface area contributed by atoms with Gasteiger partial charge in [-0.25, -0.2) is 0 Å². The van der Waals surface area contributed by atoms with Crippen LogP contribution >= 0.6 is 35.1 Å². The van der Waals surface area contributed by atoms with Gasteiger partial charge < -0.3 is 9.88 Å². The third-order valence-corrected chi connectivity index (χ3v) is 7.09. The van der Waals surface area contributed by atoms with E-state index in [4.69, 9.17) is 11.6 Å². The molecule has 30 heavy (non-hydrogen) atoms. The molecule has 0 aliphatic rings. The standard InChI is InChI=1S/C22H25ClN4OS2/c1-4-19(21(28)24-17-8-6-7-16(23)13-17)30-22-26-25-20(27(22)5-2)14-29-18-11-9-15(3)10-12-18/h6-13,19H,4-5,14H2,1-3H3,(H,24,28). The van der Waals surface area contributed by atoms with Crippen LogP contribution in [0, 0.1) is 6.92 Å². The number of rotatable bonds is 9. The van der Waals surface area contributed by atoms with Gasteiger partial charge in [-0.05, 0) is 50.6 Å². The van der Waals surface area contributed by atoms with Crippen molar-refractivity contribution in [1.82, 2.24) is 14.8 Å². The lowest BCUT2D eigenvalue weighted by Crippen LogP contribution is -2.25. The molecule has 3 rings (SSSR count). The van der Waals surface area contributed by atoms with Crippen molar-refractivity contribution in [1.29, 1.82) is 0 Å². The molecular weight excluding hydrogens is 436 g/mol. The van der Waals surface area contributed by atoms with Crippen LogP contribution in [0.3, 0.4) is 0 Å². The van der Waals surface area contributed by atoms with Gasteiger partial charge in [-0.15, -0.1) is 22.0 Å². The number of carbonyl (C=O) groups excluding carboxylic acids is 1. The van der Waals surface area contributed by atoms with Crippen molar-refractivity contribution in [3.05, 3.63) is 64.9 Å². The molecule has 0 aliphatic carbocycles. The molecule has 1 amide bonds. The molecule has 1 atom stereocenters. The summed E-state index contributed by atoms with van der Waals surface area (Å²) >= 11 is 9.20. The summed E-state index contributed by atoms with van der Waals surface area (Å²) in [5, 5.41) is 12.8. The number of benzene rings is 2. The van der Waals surface area contributed by atoms with E-state index in [9.17, 15) is 4.79 Å². The molecule has 1 aromatic heterocycles. The minimum atomic E-state index is -0.268. The third kappa shape index (κ3) is 6.03. The molecule has 8 heteroatoms. The van der Waals surface area contributed by atoms with Crippen LogP contribution in [0.4, 0.5) is 5.69 Å². The SMILES string of the molecule is CCC(Sc1nnc(CSc2ccc(C)cc2)n1CC)C(=O)Nc1cccc(Cl)c1. The number of nitrogens with zero attached hydrogens (tertiary/aromatic N) is 3. The number of amides is 1. The molecule has 1 heterocycles. The molecule has 3 aromatic rings. The van der Waals surface area contributed by atoms with Gasteiger partial charge in [-0.3, -0.25) is 4.79 Å². The van der Waals surface area contributed by atoms with Crippen molar-refractivity contribution in [2.75, 3.05) is 5.32 Å². The number of aryl methyl sites for hydroxylation is 1. The summed E-state index contributed by atoms with van der Waals surface area (Å²) in [6.45, 7) is 6.90. The van der Waals surface area contributed by atoms with Crippen LogP contribution in [0.15, 0.2) is 58.6 Å². The summed E-state index contributed by atoms with van der Waals surface area (Å²) in [5.41, 5.74) is 1.94. The number of thioether (sulfide) groups is 2. The third-order valence-electron chi connectivity index (χ3n) is 4.50. The Kier molecular flexibility index (Phi) is 8.24. The first kappa shape index (κ1) is 22.7. The van der Waals surface area contributed by atoms with Crippen molar-refractivity contribution in [3.63, 3.8) is 0 Å². The average molecular weight is 461 g/mol. The fourth-order valence-electron chi connectivity index (χ4n) is 2.85. The van der Waals surface area contributed by atoms with Crippen molar-refractivity contribution in [2.45, 2.75) is 54.8 Å². The summed E-state index contributed by atoms with van der Waals surface area (Å²) in [6.07, 6.45) is 0.682. The van der Waals surface area contributed by atoms with E-state index in [1.54, 1.807) is 23.9 Å². The molecule has 0 saturated heterocycles. The first-order valence-electron chi connectivity index (χ1n) is 9.84. The maximum atomic E-state index is 12.8. The Bertz CT molecular complexity index is 991. The van der Waals surface area contributed by atoms with E-state index in [0.29, 0.717) is 17.1 Å². The monoisotopic (exact) mass is 460 g/mol. The predicted octanol–water partition coefficient (Wildman–Crippen LogP) is 6.06. The number of carbonyl (C=O) groups is 1. The van der Waals surface area contributed by atoms with E-state index in [1.807, 2.05) is 19.1 Å². The molecule has 0 bridgehead atoms. The van der Waals surface area contributed by atoms with Crippen LogP contribution in [0.1, 0.15) is 31.7 Å². The largest absolute Gasteiger partial charge is 0.325 e. The normalized spacial score (nSPS) is 12.0. The second-order valence-corrected chi connectivity index (χ2v) is 9.41. The average Bonchev–Trinajstić information content (AvgIpc) is 3.13. The number of nitrogens with one attached hydrogen (secondary N) is 1. The zero-order chi connectivity index (χ0) is 21.5. The number of halogens is 1. The van der Waals surface area contributed by atoms with E-state index in [2.05, 4.69) is 58.2 Å². The van der Waals surface area contributed by atoms with Crippen LogP contribution in [-0.4, -0.2) is 25.9 Å². The van der Waals surface area contributed by atoms with Crippen LogP contribution in [0.25, 0.3) is 0 Å². The van der Waals surface area contributed by atoms with E-state index >= 15 is 0 Å². The second-order valence-electron chi connectivity index (χ2n) is 6.76. The Balaban J connectivity index is 1.66. The quantitative estimate of drug-likeness (QED) is 0.393. The van der Waals surface area contributed by atoms with Crippen molar-refractivity contribution >= 4 is 46.7 Å². The van der Waals surface area contributed by atoms with Crippen molar-refractivity contribution in [2.24, 2.45) is 0 Å². The highest BCUT2D eigenvalue weighted by molar-refractivity contribution is 8.00. The maximum absolute atomic E-state index is 12.8. The van der Waals surface area contributed by atoms with Gasteiger partial charge in [0.2, 0.25) is 5.91 Å². The zero-order valence-corrected chi connectivity index (χ0v) is 19.7. The Labute approximate surface area is 191 Å².